The van der Waals surface area contributed by atoms with Crippen LogP contribution in [-0.2, 0) is 0 Å². The second-order valence-corrected chi connectivity index (χ2v) is 3.33. The van der Waals surface area contributed by atoms with E-state index in [4.69, 9.17) is 9.15 Å². The summed E-state index contributed by atoms with van der Waals surface area (Å²) >= 11 is 0. The van der Waals surface area contributed by atoms with Crippen LogP contribution in [0.25, 0.3) is 22.1 Å². The van der Waals surface area contributed by atoms with Crippen LogP contribution < -0.4 is 4.74 Å². The molecule has 3 rings (SSSR count). The van der Waals surface area contributed by atoms with Crippen molar-refractivity contribution in [2.75, 3.05) is 7.11 Å². The lowest BCUT2D eigenvalue weighted by Crippen LogP contribution is -1.84. The highest BCUT2D eigenvalue weighted by Crippen LogP contribution is 2.36. The first-order valence-corrected chi connectivity index (χ1v) is 4.69. The summed E-state index contributed by atoms with van der Waals surface area (Å²) in [5.41, 5.74) is 2.84. The van der Waals surface area contributed by atoms with Crippen molar-refractivity contribution in [2.45, 2.75) is 0 Å². The number of hydrogen-bond donors (Lipinski definition) is 0. The van der Waals surface area contributed by atoms with Crippen LogP contribution >= 0.6 is 0 Å². The van der Waals surface area contributed by atoms with Crippen LogP contribution in [0.4, 0.5) is 0 Å². The van der Waals surface area contributed by atoms with Crippen molar-refractivity contribution < 1.29 is 9.15 Å². The van der Waals surface area contributed by atoms with Gasteiger partial charge in [-0.25, -0.2) is 4.98 Å². The largest absolute Gasteiger partial charge is 0.480 e. The van der Waals surface area contributed by atoms with Crippen LogP contribution in [0.15, 0.2) is 41.1 Å². The zero-order valence-corrected chi connectivity index (χ0v) is 8.23. The van der Waals surface area contributed by atoms with Gasteiger partial charge in [0.1, 0.15) is 11.8 Å². The fourth-order valence-electron chi connectivity index (χ4n) is 1.78. The van der Waals surface area contributed by atoms with Gasteiger partial charge in [-0.15, -0.1) is 0 Å². The standard InChI is InChI=1S/C12H9NO2/c1-14-12-10-7-15-11-5-3-2-4-8(11)9(10)6-13-12/h2-7H,1H3. The third-order valence-electron chi connectivity index (χ3n) is 2.51. The van der Waals surface area contributed by atoms with Gasteiger partial charge < -0.3 is 9.15 Å². The molecule has 74 valence electrons. The maximum Gasteiger partial charge on any atom is 0.224 e. The van der Waals surface area contributed by atoms with Gasteiger partial charge in [0.2, 0.25) is 5.88 Å². The Balaban J connectivity index is 2.42. The molecule has 0 unspecified atom stereocenters. The molecule has 0 saturated heterocycles. The van der Waals surface area contributed by atoms with Gasteiger partial charge >= 0.3 is 0 Å². The Hall–Kier alpha value is -2.03. The van der Waals surface area contributed by atoms with Gasteiger partial charge in [0.25, 0.3) is 0 Å². The molecule has 2 aliphatic heterocycles. The van der Waals surface area contributed by atoms with Gasteiger partial charge in [-0.1, -0.05) is 18.2 Å². The number of hydrogen-bond acceptors (Lipinski definition) is 3. The molecule has 0 amide bonds. The molecule has 1 aromatic rings. The first-order chi connectivity index (χ1) is 7.40. The van der Waals surface area contributed by atoms with E-state index in [1.54, 1.807) is 13.4 Å². The highest BCUT2D eigenvalue weighted by molar-refractivity contribution is 5.95. The quantitative estimate of drug-likeness (QED) is 0.604. The maximum atomic E-state index is 5.51. The van der Waals surface area contributed by atoms with Crippen LogP contribution in [0.2, 0.25) is 0 Å². The molecule has 0 saturated carbocycles. The molecule has 0 radical (unpaired) electrons. The topological polar surface area (TPSA) is 35.3 Å². The van der Waals surface area contributed by atoms with Crippen molar-refractivity contribution in [1.29, 1.82) is 0 Å². The first-order valence-electron chi connectivity index (χ1n) is 4.69. The van der Waals surface area contributed by atoms with E-state index in [0.717, 1.165) is 22.1 Å². The zero-order chi connectivity index (χ0) is 10.3. The van der Waals surface area contributed by atoms with Gasteiger partial charge in [0.15, 0.2) is 0 Å². The molecule has 0 N–H and O–H groups in total. The highest BCUT2D eigenvalue weighted by Gasteiger charge is 2.15. The average molecular weight is 199 g/mol. The van der Waals surface area contributed by atoms with Crippen LogP contribution in [0.1, 0.15) is 0 Å². The Morgan fingerprint density at radius 2 is 2.07 bits per heavy atom. The lowest BCUT2D eigenvalue weighted by Gasteiger charge is -2.03. The number of ether oxygens (including phenoxy) is 1. The minimum atomic E-state index is 0.611. The second-order valence-electron chi connectivity index (χ2n) is 3.33. The number of nitrogens with zero attached hydrogens (tertiary/aromatic N) is 1. The maximum absolute atomic E-state index is 5.51. The number of rotatable bonds is 1. The first kappa shape index (κ1) is 8.29. The van der Waals surface area contributed by atoms with Gasteiger partial charge in [-0.05, 0) is 6.07 Å². The summed E-state index contributed by atoms with van der Waals surface area (Å²) in [5.74, 6) is 0.611. The molecule has 2 heterocycles. The molecule has 0 aliphatic carbocycles. The Morgan fingerprint density at radius 3 is 2.93 bits per heavy atom. The fourth-order valence-corrected chi connectivity index (χ4v) is 1.78. The summed E-state index contributed by atoms with van der Waals surface area (Å²) in [6.45, 7) is 0. The highest BCUT2D eigenvalue weighted by atomic mass is 16.5. The molecule has 3 nitrogen and oxygen atoms in total. The third kappa shape index (κ3) is 1.09. The third-order valence-corrected chi connectivity index (χ3v) is 2.51. The van der Waals surface area contributed by atoms with Crippen molar-refractivity contribution in [2.24, 2.45) is 0 Å². The van der Waals surface area contributed by atoms with Crippen LogP contribution in [0.3, 0.4) is 0 Å². The lowest BCUT2D eigenvalue weighted by molar-refractivity contribution is 0.401. The van der Waals surface area contributed by atoms with E-state index in [2.05, 4.69) is 4.98 Å². The number of benzene rings is 1. The van der Waals surface area contributed by atoms with Crippen molar-refractivity contribution in [3.63, 3.8) is 0 Å². The van der Waals surface area contributed by atoms with Crippen molar-refractivity contribution in [3.05, 3.63) is 36.7 Å². The lowest BCUT2D eigenvalue weighted by atomic mass is 10.1. The molecule has 2 aliphatic rings. The number of para-hydroxylation sites is 1. The van der Waals surface area contributed by atoms with Crippen molar-refractivity contribution >= 4 is 11.0 Å². The fraction of sp³-hybridized carbons (Fsp3) is 0.0833. The van der Waals surface area contributed by atoms with E-state index in [9.17, 15) is 0 Å². The van der Waals surface area contributed by atoms with Gasteiger partial charge in [-0.3, -0.25) is 0 Å². The Labute approximate surface area is 86.6 Å². The smallest absolute Gasteiger partial charge is 0.224 e. The van der Waals surface area contributed by atoms with E-state index >= 15 is 0 Å². The molecular weight excluding hydrogens is 190 g/mol. The van der Waals surface area contributed by atoms with Crippen molar-refractivity contribution in [3.8, 4) is 17.0 Å². The van der Waals surface area contributed by atoms with E-state index in [1.807, 2.05) is 30.5 Å². The van der Waals surface area contributed by atoms with Gasteiger partial charge in [-0.2, -0.15) is 0 Å². The van der Waals surface area contributed by atoms with Crippen molar-refractivity contribution in [1.82, 2.24) is 4.98 Å². The molecule has 0 fully saturated rings. The monoisotopic (exact) mass is 199 g/mol. The van der Waals surface area contributed by atoms with Crippen LogP contribution in [0.5, 0.6) is 5.88 Å². The summed E-state index contributed by atoms with van der Waals surface area (Å²) in [6, 6.07) is 7.89. The molecule has 0 atom stereocenters. The molecule has 0 spiro atoms. The molecule has 0 aromatic heterocycles. The average Bonchev–Trinajstić information content (AvgIpc) is 2.72. The minimum absolute atomic E-state index is 0.611. The molecular formula is C12H9NO2. The van der Waals surface area contributed by atoms with E-state index in [0.29, 0.717) is 5.88 Å². The zero-order valence-electron chi connectivity index (χ0n) is 8.23. The summed E-state index contributed by atoms with van der Waals surface area (Å²) < 4.78 is 10.7. The number of fused-ring (bicyclic) bond motifs is 3. The van der Waals surface area contributed by atoms with E-state index in [1.165, 1.54) is 0 Å². The molecule has 1 aromatic carbocycles. The Bertz CT molecular complexity index is 585. The summed E-state index contributed by atoms with van der Waals surface area (Å²) in [7, 11) is 1.61. The molecule has 15 heavy (non-hydrogen) atoms. The Kier molecular flexibility index (Phi) is 1.65. The minimum Gasteiger partial charge on any atom is -0.480 e. The summed E-state index contributed by atoms with van der Waals surface area (Å²) in [6.07, 6.45) is 3.50. The molecule has 0 bridgehead atoms. The second kappa shape index (κ2) is 2.98. The summed E-state index contributed by atoms with van der Waals surface area (Å²) in [4.78, 5) is 4.18. The SMILES string of the molecule is COc1ncc2c3ccccc3occ1-2. The normalized spacial score (nSPS) is 11.0. The van der Waals surface area contributed by atoms with Gasteiger partial charge in [0, 0.05) is 17.1 Å². The number of methoxy groups -OCH3 is 1. The molecule has 3 heteroatoms. The van der Waals surface area contributed by atoms with Gasteiger partial charge in [0.05, 0.1) is 12.7 Å². The summed E-state index contributed by atoms with van der Waals surface area (Å²) in [5, 5.41) is 1.06. The van der Waals surface area contributed by atoms with E-state index in [-0.39, 0.29) is 0 Å². The van der Waals surface area contributed by atoms with E-state index < -0.39 is 0 Å². The predicted octanol–water partition coefficient (Wildman–Crippen LogP) is 2.94. The number of aromatic nitrogens is 1. The van der Waals surface area contributed by atoms with Crippen LogP contribution in [-0.4, -0.2) is 12.1 Å². The predicted molar refractivity (Wildman–Crippen MR) is 57.2 cm³/mol. The Morgan fingerprint density at radius 1 is 1.20 bits per heavy atom. The van der Waals surface area contributed by atoms with Crippen LogP contribution in [0, 0.1) is 0 Å².